The normalized spacial score (nSPS) is 25.9. The second-order valence-corrected chi connectivity index (χ2v) is 6.43. The van der Waals surface area contributed by atoms with Gasteiger partial charge >= 0.3 is 6.03 Å². The van der Waals surface area contributed by atoms with Crippen molar-refractivity contribution < 1.29 is 9.53 Å². The van der Waals surface area contributed by atoms with Gasteiger partial charge in [0.25, 0.3) is 0 Å². The van der Waals surface area contributed by atoms with Crippen LogP contribution in [0.3, 0.4) is 0 Å². The zero-order chi connectivity index (χ0) is 13.9. The molecule has 0 spiro atoms. The summed E-state index contributed by atoms with van der Waals surface area (Å²) < 4.78 is 5.38. The van der Waals surface area contributed by atoms with E-state index in [0.717, 1.165) is 12.2 Å². The number of morpholine rings is 1. The van der Waals surface area contributed by atoms with Crippen molar-refractivity contribution in [1.29, 1.82) is 0 Å². The van der Waals surface area contributed by atoms with Crippen molar-refractivity contribution in [1.82, 2.24) is 10.2 Å². The van der Waals surface area contributed by atoms with Crippen LogP contribution in [0.1, 0.15) is 24.9 Å². The maximum absolute atomic E-state index is 12.4. The highest BCUT2D eigenvalue weighted by atomic mass is 32.2. The number of fused-ring (bicyclic) bond motifs is 1. The molecule has 1 fully saturated rings. The third-order valence-corrected chi connectivity index (χ3v) is 5.01. The molecule has 0 saturated carbocycles. The van der Waals surface area contributed by atoms with Gasteiger partial charge in [-0.25, -0.2) is 4.79 Å². The van der Waals surface area contributed by atoms with E-state index in [1.165, 1.54) is 10.5 Å². The molecule has 108 valence electrons. The van der Waals surface area contributed by atoms with Crippen molar-refractivity contribution in [3.8, 4) is 0 Å². The summed E-state index contributed by atoms with van der Waals surface area (Å²) in [5.41, 5.74) is 1.25. The van der Waals surface area contributed by atoms with Crippen LogP contribution in [0.4, 0.5) is 4.79 Å². The van der Waals surface area contributed by atoms with Crippen LogP contribution < -0.4 is 5.32 Å². The first-order valence-corrected chi connectivity index (χ1v) is 8.11. The average Bonchev–Trinajstić information content (AvgIpc) is 2.48. The topological polar surface area (TPSA) is 41.6 Å². The second kappa shape index (κ2) is 6.06. The van der Waals surface area contributed by atoms with Crippen LogP contribution in [0.25, 0.3) is 0 Å². The molecule has 0 bridgehead atoms. The van der Waals surface area contributed by atoms with Gasteiger partial charge in [0.15, 0.2) is 0 Å². The summed E-state index contributed by atoms with van der Waals surface area (Å²) >= 11 is 1.87. The molecule has 2 aliphatic rings. The Hall–Kier alpha value is -1.20. The summed E-state index contributed by atoms with van der Waals surface area (Å²) in [6.07, 6.45) is 0.992. The lowest BCUT2D eigenvalue weighted by Gasteiger charge is -2.35. The number of urea groups is 1. The van der Waals surface area contributed by atoms with Crippen LogP contribution in [-0.4, -0.2) is 42.5 Å². The van der Waals surface area contributed by atoms with Gasteiger partial charge in [-0.2, -0.15) is 0 Å². The minimum absolute atomic E-state index is 0.0347. The molecule has 0 aliphatic carbocycles. The second-order valence-electron chi connectivity index (χ2n) is 5.29. The lowest BCUT2D eigenvalue weighted by Crippen LogP contribution is -2.52. The predicted octanol–water partition coefficient (Wildman–Crippen LogP) is 2.65. The van der Waals surface area contributed by atoms with E-state index in [1.807, 2.05) is 29.7 Å². The lowest BCUT2D eigenvalue weighted by molar-refractivity contribution is 0.0183. The number of benzene rings is 1. The summed E-state index contributed by atoms with van der Waals surface area (Å²) in [6, 6.07) is 8.67. The summed E-state index contributed by atoms with van der Waals surface area (Å²) in [5.74, 6) is 1.06. The smallest absolute Gasteiger partial charge is 0.318 e. The molecule has 0 unspecified atom stereocenters. The number of amides is 2. The lowest BCUT2D eigenvalue weighted by atomic mass is 10.0. The number of rotatable bonds is 1. The largest absolute Gasteiger partial charge is 0.377 e. The van der Waals surface area contributed by atoms with Gasteiger partial charge in [-0.15, -0.1) is 11.8 Å². The first-order valence-electron chi connectivity index (χ1n) is 7.12. The van der Waals surface area contributed by atoms with Gasteiger partial charge in [-0.1, -0.05) is 18.2 Å². The SMILES string of the molecule is C[C@@H]1COCCN1C(=O)N[C@H]1CCSc2ccccc21. The van der Waals surface area contributed by atoms with Crippen molar-refractivity contribution in [2.24, 2.45) is 0 Å². The van der Waals surface area contributed by atoms with Crippen molar-refractivity contribution in [2.75, 3.05) is 25.5 Å². The van der Waals surface area contributed by atoms with Gasteiger partial charge in [-0.05, 0) is 25.0 Å². The predicted molar refractivity (Wildman–Crippen MR) is 80.0 cm³/mol. The number of thioether (sulfide) groups is 1. The molecule has 4 nitrogen and oxygen atoms in total. The third kappa shape index (κ3) is 2.79. The number of carbonyl (C=O) groups is 1. The Balaban J connectivity index is 1.70. The summed E-state index contributed by atoms with van der Waals surface area (Å²) in [4.78, 5) is 15.6. The Morgan fingerprint density at radius 1 is 1.45 bits per heavy atom. The fourth-order valence-corrected chi connectivity index (χ4v) is 3.88. The van der Waals surface area contributed by atoms with Crippen LogP contribution in [0.15, 0.2) is 29.2 Å². The van der Waals surface area contributed by atoms with E-state index in [-0.39, 0.29) is 18.1 Å². The molecule has 5 heteroatoms. The van der Waals surface area contributed by atoms with E-state index in [0.29, 0.717) is 19.8 Å². The Bertz CT molecular complexity index is 495. The van der Waals surface area contributed by atoms with E-state index < -0.39 is 0 Å². The van der Waals surface area contributed by atoms with E-state index >= 15 is 0 Å². The van der Waals surface area contributed by atoms with E-state index in [9.17, 15) is 4.79 Å². The number of hydrogen-bond donors (Lipinski definition) is 1. The Labute approximate surface area is 123 Å². The molecular weight excluding hydrogens is 272 g/mol. The van der Waals surface area contributed by atoms with Crippen molar-refractivity contribution in [3.63, 3.8) is 0 Å². The first kappa shape index (κ1) is 13.8. The molecule has 2 aliphatic heterocycles. The van der Waals surface area contributed by atoms with Crippen molar-refractivity contribution in [3.05, 3.63) is 29.8 Å². The van der Waals surface area contributed by atoms with E-state index in [1.54, 1.807) is 0 Å². The zero-order valence-electron chi connectivity index (χ0n) is 11.7. The van der Waals surface area contributed by atoms with Gasteiger partial charge < -0.3 is 15.0 Å². The molecule has 3 rings (SSSR count). The molecule has 2 heterocycles. The van der Waals surface area contributed by atoms with Crippen LogP contribution >= 0.6 is 11.8 Å². The van der Waals surface area contributed by atoms with Crippen LogP contribution in [0.2, 0.25) is 0 Å². The van der Waals surface area contributed by atoms with Crippen molar-refractivity contribution in [2.45, 2.75) is 30.3 Å². The molecule has 0 radical (unpaired) electrons. The number of nitrogens with one attached hydrogen (secondary N) is 1. The molecule has 0 aromatic heterocycles. The van der Waals surface area contributed by atoms with Gasteiger partial charge in [0.2, 0.25) is 0 Å². The fraction of sp³-hybridized carbons (Fsp3) is 0.533. The summed E-state index contributed by atoms with van der Waals surface area (Å²) in [5, 5.41) is 3.19. The van der Waals surface area contributed by atoms with Crippen LogP contribution in [-0.2, 0) is 4.74 Å². The molecule has 1 aromatic rings. The van der Waals surface area contributed by atoms with E-state index in [4.69, 9.17) is 4.74 Å². The first-order chi connectivity index (χ1) is 9.75. The van der Waals surface area contributed by atoms with Crippen LogP contribution in [0, 0.1) is 0 Å². The molecule has 20 heavy (non-hydrogen) atoms. The minimum Gasteiger partial charge on any atom is -0.377 e. The Morgan fingerprint density at radius 3 is 3.15 bits per heavy atom. The minimum atomic E-state index is 0.0347. The molecular formula is C15H20N2O2S. The van der Waals surface area contributed by atoms with Gasteiger partial charge in [0.1, 0.15) is 0 Å². The Kier molecular flexibility index (Phi) is 4.17. The molecule has 1 N–H and O–H groups in total. The average molecular weight is 292 g/mol. The summed E-state index contributed by atoms with van der Waals surface area (Å²) in [6.45, 7) is 3.97. The number of nitrogens with zero attached hydrogens (tertiary/aromatic N) is 1. The fourth-order valence-electron chi connectivity index (χ4n) is 2.75. The van der Waals surface area contributed by atoms with Crippen LogP contribution in [0.5, 0.6) is 0 Å². The van der Waals surface area contributed by atoms with Gasteiger partial charge in [0, 0.05) is 17.2 Å². The monoisotopic (exact) mass is 292 g/mol. The van der Waals surface area contributed by atoms with Crippen molar-refractivity contribution >= 4 is 17.8 Å². The third-order valence-electron chi connectivity index (χ3n) is 3.88. The van der Waals surface area contributed by atoms with Gasteiger partial charge in [0.05, 0.1) is 25.3 Å². The molecule has 2 atom stereocenters. The molecule has 1 aromatic carbocycles. The standard InChI is InChI=1S/C15H20N2O2S/c1-11-10-19-8-7-17(11)15(18)16-13-6-9-20-14-5-3-2-4-12(13)14/h2-5,11,13H,6-10H2,1H3,(H,16,18)/t11-,13+/m1/s1. The maximum atomic E-state index is 12.4. The van der Waals surface area contributed by atoms with E-state index in [2.05, 4.69) is 23.5 Å². The highest BCUT2D eigenvalue weighted by molar-refractivity contribution is 7.99. The number of carbonyl (C=O) groups excluding carboxylic acids is 1. The molecule has 1 saturated heterocycles. The zero-order valence-corrected chi connectivity index (χ0v) is 12.5. The number of ether oxygens (including phenoxy) is 1. The quantitative estimate of drug-likeness (QED) is 0.865. The van der Waals surface area contributed by atoms with Gasteiger partial charge in [-0.3, -0.25) is 0 Å². The Morgan fingerprint density at radius 2 is 2.30 bits per heavy atom. The number of hydrogen-bond acceptors (Lipinski definition) is 3. The highest BCUT2D eigenvalue weighted by Crippen LogP contribution is 2.35. The highest BCUT2D eigenvalue weighted by Gasteiger charge is 2.27. The maximum Gasteiger partial charge on any atom is 0.318 e. The molecule has 2 amide bonds. The summed E-state index contributed by atoms with van der Waals surface area (Å²) in [7, 11) is 0.